The van der Waals surface area contributed by atoms with E-state index < -0.39 is 0 Å². The summed E-state index contributed by atoms with van der Waals surface area (Å²) in [6, 6.07) is 9.84. The molecule has 0 aliphatic carbocycles. The minimum absolute atomic E-state index is 0.832. The summed E-state index contributed by atoms with van der Waals surface area (Å²) in [5.41, 5.74) is 1.98. The molecule has 0 aliphatic heterocycles. The third kappa shape index (κ3) is 2.98. The van der Waals surface area contributed by atoms with Crippen molar-refractivity contribution < 1.29 is 0 Å². The van der Waals surface area contributed by atoms with Gasteiger partial charge in [-0.15, -0.1) is 0 Å². The minimum Gasteiger partial charge on any atom is -0.373 e. The maximum absolute atomic E-state index is 4.17. The maximum Gasteiger partial charge on any atom is 0.127 e. The normalized spacial score (nSPS) is 10.1. The van der Waals surface area contributed by atoms with Crippen LogP contribution in [-0.4, -0.2) is 12.0 Å². The van der Waals surface area contributed by atoms with Crippen molar-refractivity contribution in [2.75, 3.05) is 17.7 Å². The Hall–Kier alpha value is -1.07. The van der Waals surface area contributed by atoms with Crippen LogP contribution in [0, 0.1) is 0 Å². The lowest BCUT2D eigenvalue weighted by Gasteiger charge is -2.11. The topological polar surface area (TPSA) is 37.0 Å². The number of hydrogen-bond acceptors (Lipinski definition) is 3. The highest BCUT2D eigenvalue weighted by atomic mass is 79.9. The predicted octanol–water partition coefficient (Wildman–Crippen LogP) is 4.39. The van der Waals surface area contributed by atoms with Gasteiger partial charge in [0.1, 0.15) is 5.82 Å². The van der Waals surface area contributed by atoms with Gasteiger partial charge >= 0.3 is 0 Å². The van der Waals surface area contributed by atoms with Gasteiger partial charge in [-0.2, -0.15) is 0 Å². The molecule has 0 saturated carbocycles. The summed E-state index contributed by atoms with van der Waals surface area (Å²) >= 11 is 7.03. The van der Waals surface area contributed by atoms with Crippen molar-refractivity contribution in [2.45, 2.75) is 0 Å². The van der Waals surface area contributed by atoms with Crippen molar-refractivity contribution in [3.05, 3.63) is 45.5 Å². The molecule has 2 rings (SSSR count). The first-order valence-corrected chi connectivity index (χ1v) is 6.64. The van der Waals surface area contributed by atoms with Gasteiger partial charge in [-0.1, -0.05) is 6.07 Å². The van der Waals surface area contributed by atoms with Gasteiger partial charge in [-0.05, 0) is 50.1 Å². The lowest BCUT2D eigenvalue weighted by Crippen LogP contribution is -1.96. The molecule has 0 radical (unpaired) electrons. The number of anilines is 3. The van der Waals surface area contributed by atoms with Crippen LogP contribution in [0.5, 0.6) is 0 Å². The van der Waals surface area contributed by atoms with E-state index in [1.807, 2.05) is 37.4 Å². The third-order valence-corrected chi connectivity index (χ3v) is 3.57. The Kier molecular flexibility index (Phi) is 4.02. The van der Waals surface area contributed by atoms with Crippen molar-refractivity contribution in [3.63, 3.8) is 0 Å². The van der Waals surface area contributed by atoms with E-state index in [1.54, 1.807) is 6.20 Å². The number of hydrogen-bond donors (Lipinski definition) is 2. The molecule has 1 heterocycles. The Balaban J connectivity index is 2.31. The quantitative estimate of drug-likeness (QED) is 0.856. The average molecular weight is 357 g/mol. The Labute approximate surface area is 117 Å². The van der Waals surface area contributed by atoms with Crippen LogP contribution in [0.4, 0.5) is 17.2 Å². The Morgan fingerprint density at radius 1 is 1.12 bits per heavy atom. The minimum atomic E-state index is 0.832. The summed E-state index contributed by atoms with van der Waals surface area (Å²) in [6.07, 6.45) is 1.76. The monoisotopic (exact) mass is 355 g/mol. The molecule has 3 nitrogen and oxygen atoms in total. The molecule has 0 aliphatic rings. The summed E-state index contributed by atoms with van der Waals surface area (Å²) in [5.74, 6) is 0.832. The lowest BCUT2D eigenvalue weighted by atomic mass is 10.3. The zero-order chi connectivity index (χ0) is 12.3. The van der Waals surface area contributed by atoms with Crippen molar-refractivity contribution in [1.29, 1.82) is 0 Å². The van der Waals surface area contributed by atoms with Gasteiger partial charge in [-0.25, -0.2) is 4.98 Å². The van der Waals surface area contributed by atoms with Gasteiger partial charge in [0.15, 0.2) is 0 Å². The molecule has 0 spiro atoms. The molecule has 0 bridgehead atoms. The van der Waals surface area contributed by atoms with Crippen LogP contribution in [0.15, 0.2) is 45.5 Å². The number of nitrogens with one attached hydrogen (secondary N) is 2. The van der Waals surface area contributed by atoms with Crippen LogP contribution in [0.1, 0.15) is 0 Å². The summed E-state index contributed by atoms with van der Waals surface area (Å²) < 4.78 is 2.02. The number of halogens is 2. The van der Waals surface area contributed by atoms with Gasteiger partial charge in [0.2, 0.25) is 0 Å². The van der Waals surface area contributed by atoms with Gasteiger partial charge in [0.05, 0.1) is 5.69 Å². The van der Waals surface area contributed by atoms with Crippen LogP contribution in [0.3, 0.4) is 0 Å². The summed E-state index contributed by atoms with van der Waals surface area (Å²) in [7, 11) is 1.85. The summed E-state index contributed by atoms with van der Waals surface area (Å²) in [6.45, 7) is 0. The largest absolute Gasteiger partial charge is 0.373 e. The molecule has 5 heteroatoms. The van der Waals surface area contributed by atoms with Crippen molar-refractivity contribution in [3.8, 4) is 0 Å². The second-order valence-corrected chi connectivity index (χ2v) is 5.11. The van der Waals surface area contributed by atoms with Crippen LogP contribution in [0.2, 0.25) is 0 Å². The predicted molar refractivity (Wildman–Crippen MR) is 78.9 cm³/mol. The molecular weight excluding hydrogens is 346 g/mol. The highest BCUT2D eigenvalue weighted by molar-refractivity contribution is 9.11. The summed E-state index contributed by atoms with van der Waals surface area (Å²) in [4.78, 5) is 4.17. The van der Waals surface area contributed by atoms with E-state index in [-0.39, 0.29) is 0 Å². The van der Waals surface area contributed by atoms with Crippen molar-refractivity contribution >= 4 is 49.1 Å². The Morgan fingerprint density at radius 2 is 1.82 bits per heavy atom. The SMILES string of the molecule is CNc1cc(Nc2c(Br)cccc2Br)ccn1. The molecule has 2 N–H and O–H groups in total. The molecule has 0 atom stereocenters. The van der Waals surface area contributed by atoms with Crippen LogP contribution >= 0.6 is 31.9 Å². The zero-order valence-electron chi connectivity index (χ0n) is 9.17. The smallest absolute Gasteiger partial charge is 0.127 e. The van der Waals surface area contributed by atoms with Crippen LogP contribution < -0.4 is 10.6 Å². The van der Waals surface area contributed by atoms with Crippen LogP contribution in [0.25, 0.3) is 0 Å². The van der Waals surface area contributed by atoms with Crippen molar-refractivity contribution in [1.82, 2.24) is 4.98 Å². The number of pyridine rings is 1. The van der Waals surface area contributed by atoms with Gasteiger partial charge < -0.3 is 10.6 Å². The molecule has 1 aromatic carbocycles. The molecular formula is C12H11Br2N3. The molecule has 0 amide bonds. The first kappa shape index (κ1) is 12.4. The van der Waals surface area contributed by atoms with E-state index in [2.05, 4.69) is 47.5 Å². The fraction of sp³-hybridized carbons (Fsp3) is 0.0833. The maximum atomic E-state index is 4.17. The van der Waals surface area contributed by atoms with Gasteiger partial charge in [0, 0.05) is 33.9 Å². The van der Waals surface area contributed by atoms with Crippen LogP contribution in [-0.2, 0) is 0 Å². The van der Waals surface area contributed by atoms with E-state index in [9.17, 15) is 0 Å². The Bertz CT molecular complexity index is 509. The lowest BCUT2D eigenvalue weighted by molar-refractivity contribution is 1.28. The fourth-order valence-corrected chi connectivity index (χ4v) is 2.60. The molecule has 0 saturated heterocycles. The molecule has 0 fully saturated rings. The number of nitrogens with zero attached hydrogens (tertiary/aromatic N) is 1. The molecule has 17 heavy (non-hydrogen) atoms. The van der Waals surface area contributed by atoms with E-state index >= 15 is 0 Å². The summed E-state index contributed by atoms with van der Waals surface area (Å²) in [5, 5.41) is 6.35. The molecule has 88 valence electrons. The van der Waals surface area contributed by atoms with E-state index in [0.29, 0.717) is 0 Å². The average Bonchev–Trinajstić information content (AvgIpc) is 2.34. The number of aromatic nitrogens is 1. The van der Waals surface area contributed by atoms with Gasteiger partial charge in [-0.3, -0.25) is 0 Å². The highest BCUT2D eigenvalue weighted by Gasteiger charge is 2.05. The first-order chi connectivity index (χ1) is 8.20. The molecule has 1 aromatic heterocycles. The highest BCUT2D eigenvalue weighted by Crippen LogP contribution is 2.33. The van der Waals surface area contributed by atoms with Gasteiger partial charge in [0.25, 0.3) is 0 Å². The van der Waals surface area contributed by atoms with E-state index in [4.69, 9.17) is 0 Å². The van der Waals surface area contributed by atoms with E-state index in [1.165, 1.54) is 0 Å². The standard InChI is InChI=1S/C12H11Br2N3/c1-15-11-7-8(5-6-16-11)17-12-9(13)3-2-4-10(12)14/h2-7H,1H3,(H2,15,16,17). The number of para-hydroxylation sites is 1. The third-order valence-electron chi connectivity index (χ3n) is 2.25. The van der Waals surface area contributed by atoms with E-state index in [0.717, 1.165) is 26.1 Å². The fourth-order valence-electron chi connectivity index (χ4n) is 1.41. The van der Waals surface area contributed by atoms with Crippen molar-refractivity contribution in [2.24, 2.45) is 0 Å². The Morgan fingerprint density at radius 3 is 2.47 bits per heavy atom. The molecule has 2 aromatic rings. The molecule has 0 unspecified atom stereocenters. The second kappa shape index (κ2) is 5.51. The zero-order valence-corrected chi connectivity index (χ0v) is 12.3. The number of benzene rings is 1. The first-order valence-electron chi connectivity index (χ1n) is 5.05. The number of rotatable bonds is 3. The second-order valence-electron chi connectivity index (χ2n) is 3.40.